The topological polar surface area (TPSA) is 44.8 Å². The lowest BCUT2D eigenvalue weighted by Crippen LogP contribution is -2.53. The third kappa shape index (κ3) is 4.16. The zero-order valence-electron chi connectivity index (χ0n) is 12.4. The summed E-state index contributed by atoms with van der Waals surface area (Å²) >= 11 is 0. The van der Waals surface area contributed by atoms with Gasteiger partial charge in [0.25, 0.3) is 0 Å². The second kappa shape index (κ2) is 6.68. The number of rotatable bonds is 5. The van der Waals surface area contributed by atoms with Gasteiger partial charge in [0.05, 0.1) is 12.6 Å². The summed E-state index contributed by atoms with van der Waals surface area (Å²) < 4.78 is 5.30. The molecule has 0 bridgehead atoms. The van der Waals surface area contributed by atoms with Gasteiger partial charge in [-0.3, -0.25) is 9.69 Å². The molecule has 1 N–H and O–H groups in total. The molecule has 0 radical (unpaired) electrons. The van der Waals surface area contributed by atoms with Crippen molar-refractivity contribution < 1.29 is 9.53 Å². The normalized spacial score (nSPS) is 29.0. The largest absolute Gasteiger partial charge is 0.381 e. The van der Waals surface area contributed by atoms with E-state index in [9.17, 15) is 4.79 Å². The van der Waals surface area contributed by atoms with Crippen molar-refractivity contribution in [1.82, 2.24) is 15.1 Å². The summed E-state index contributed by atoms with van der Waals surface area (Å²) in [4.78, 5) is 15.6. The Labute approximate surface area is 116 Å². The summed E-state index contributed by atoms with van der Waals surface area (Å²) in [5, 5.41) is 3.71. The minimum atomic E-state index is 0.202. The van der Waals surface area contributed by atoms with E-state index in [1.807, 2.05) is 14.1 Å². The number of methoxy groups -OCH3 is 1. The molecule has 110 valence electrons. The molecule has 1 saturated heterocycles. The minimum Gasteiger partial charge on any atom is -0.381 e. The smallest absolute Gasteiger partial charge is 0.236 e. The number of carbonyl (C=O) groups excluding carboxylic acids is 1. The average molecular weight is 269 g/mol. The van der Waals surface area contributed by atoms with Crippen molar-refractivity contribution in [2.75, 3.05) is 40.8 Å². The molecular formula is C14H27N3O2. The summed E-state index contributed by atoms with van der Waals surface area (Å²) in [7, 11) is 5.43. The number of ether oxygens (including phenoxy) is 1. The fourth-order valence-electron chi connectivity index (χ4n) is 2.82. The third-order valence-electron chi connectivity index (χ3n) is 4.34. The first kappa shape index (κ1) is 14.8. The van der Waals surface area contributed by atoms with Crippen LogP contribution in [-0.2, 0) is 9.53 Å². The summed E-state index contributed by atoms with van der Waals surface area (Å²) in [6.07, 6.45) is 5.06. The van der Waals surface area contributed by atoms with Crippen LogP contribution in [0.2, 0.25) is 0 Å². The number of hydrogen-bond acceptors (Lipinski definition) is 4. The number of hydrogen-bond donors (Lipinski definition) is 1. The first-order valence-electron chi connectivity index (χ1n) is 7.30. The molecule has 0 aromatic rings. The van der Waals surface area contributed by atoms with Crippen LogP contribution < -0.4 is 5.32 Å². The predicted octanol–water partition coefficient (Wildman–Crippen LogP) is 0.306. The molecule has 1 aliphatic heterocycles. The molecule has 19 heavy (non-hydrogen) atoms. The number of nitrogens with one attached hydrogen (secondary N) is 1. The number of likely N-dealkylation sites (tertiary alicyclic amines) is 1. The zero-order chi connectivity index (χ0) is 13.8. The quantitative estimate of drug-likeness (QED) is 0.780. The van der Waals surface area contributed by atoms with Crippen LogP contribution >= 0.6 is 0 Å². The highest BCUT2D eigenvalue weighted by Crippen LogP contribution is 2.24. The Bertz CT molecular complexity index is 295. The molecule has 5 nitrogen and oxygen atoms in total. The van der Waals surface area contributed by atoms with E-state index in [0.717, 1.165) is 38.8 Å². The van der Waals surface area contributed by atoms with Crippen LogP contribution in [0.5, 0.6) is 0 Å². The van der Waals surface area contributed by atoms with Crippen LogP contribution in [0.1, 0.15) is 25.7 Å². The van der Waals surface area contributed by atoms with E-state index < -0.39 is 0 Å². The van der Waals surface area contributed by atoms with E-state index in [-0.39, 0.29) is 5.91 Å². The van der Waals surface area contributed by atoms with Gasteiger partial charge in [-0.15, -0.1) is 0 Å². The number of piperidine rings is 1. The van der Waals surface area contributed by atoms with Gasteiger partial charge < -0.3 is 15.0 Å². The van der Waals surface area contributed by atoms with Gasteiger partial charge in [0.2, 0.25) is 5.91 Å². The SMILES string of the molecule is COC1CC(NC2CCN(CC(=O)N(C)C)CC2)C1. The molecule has 1 saturated carbocycles. The molecule has 2 aliphatic rings. The van der Waals surface area contributed by atoms with Gasteiger partial charge in [0, 0.05) is 46.4 Å². The predicted molar refractivity (Wildman–Crippen MR) is 75.1 cm³/mol. The maximum Gasteiger partial charge on any atom is 0.236 e. The van der Waals surface area contributed by atoms with E-state index in [1.165, 1.54) is 0 Å². The Morgan fingerprint density at radius 2 is 1.89 bits per heavy atom. The fraction of sp³-hybridized carbons (Fsp3) is 0.929. The van der Waals surface area contributed by atoms with Crippen LogP contribution in [0.4, 0.5) is 0 Å². The van der Waals surface area contributed by atoms with Gasteiger partial charge in [-0.05, 0) is 25.7 Å². The molecule has 1 amide bonds. The fourth-order valence-corrected chi connectivity index (χ4v) is 2.82. The third-order valence-corrected chi connectivity index (χ3v) is 4.34. The van der Waals surface area contributed by atoms with Crippen LogP contribution in [0, 0.1) is 0 Å². The van der Waals surface area contributed by atoms with Crippen molar-refractivity contribution in [2.24, 2.45) is 0 Å². The van der Waals surface area contributed by atoms with E-state index in [4.69, 9.17) is 4.74 Å². The molecular weight excluding hydrogens is 242 g/mol. The lowest BCUT2D eigenvalue weighted by Gasteiger charge is -2.40. The maximum absolute atomic E-state index is 11.6. The molecule has 2 rings (SSSR count). The molecule has 0 unspecified atom stereocenters. The molecule has 2 fully saturated rings. The highest BCUT2D eigenvalue weighted by Gasteiger charge is 2.31. The zero-order valence-corrected chi connectivity index (χ0v) is 12.4. The van der Waals surface area contributed by atoms with Crippen LogP contribution in [0.3, 0.4) is 0 Å². The number of nitrogens with zero attached hydrogens (tertiary/aromatic N) is 2. The Morgan fingerprint density at radius 1 is 1.26 bits per heavy atom. The van der Waals surface area contributed by atoms with Gasteiger partial charge in [-0.1, -0.05) is 0 Å². The first-order valence-corrected chi connectivity index (χ1v) is 7.30. The number of likely N-dealkylation sites (N-methyl/N-ethyl adjacent to an activating group) is 1. The summed E-state index contributed by atoms with van der Waals surface area (Å²) in [6.45, 7) is 2.62. The minimum absolute atomic E-state index is 0.202. The molecule has 1 heterocycles. The van der Waals surface area contributed by atoms with Gasteiger partial charge in [-0.2, -0.15) is 0 Å². The average Bonchev–Trinajstić information content (AvgIpc) is 2.35. The van der Waals surface area contributed by atoms with Crippen molar-refractivity contribution in [2.45, 2.75) is 43.9 Å². The standard InChI is InChI=1S/C14H27N3O2/c1-16(2)14(18)10-17-6-4-11(5-7-17)15-12-8-13(9-12)19-3/h11-13,15H,4-10H2,1-3H3. The summed E-state index contributed by atoms with van der Waals surface area (Å²) in [5.41, 5.74) is 0. The Balaban J connectivity index is 1.61. The highest BCUT2D eigenvalue weighted by molar-refractivity contribution is 5.77. The van der Waals surface area contributed by atoms with Crippen molar-refractivity contribution in [3.05, 3.63) is 0 Å². The van der Waals surface area contributed by atoms with Crippen LogP contribution in [0.25, 0.3) is 0 Å². The maximum atomic E-state index is 11.6. The lowest BCUT2D eigenvalue weighted by molar-refractivity contribution is -0.130. The second-order valence-corrected chi connectivity index (χ2v) is 6.03. The molecule has 5 heteroatoms. The molecule has 0 atom stereocenters. The monoisotopic (exact) mass is 269 g/mol. The highest BCUT2D eigenvalue weighted by atomic mass is 16.5. The van der Waals surface area contributed by atoms with Crippen molar-refractivity contribution >= 4 is 5.91 Å². The number of carbonyl (C=O) groups is 1. The number of amides is 1. The van der Waals surface area contributed by atoms with Crippen LogP contribution in [-0.4, -0.2) is 74.7 Å². The Morgan fingerprint density at radius 3 is 2.42 bits per heavy atom. The van der Waals surface area contributed by atoms with E-state index >= 15 is 0 Å². The summed E-state index contributed by atoms with van der Waals surface area (Å²) in [6, 6.07) is 1.26. The van der Waals surface area contributed by atoms with E-state index in [2.05, 4.69) is 10.2 Å². The Hall–Kier alpha value is -0.650. The lowest BCUT2D eigenvalue weighted by atomic mass is 9.88. The van der Waals surface area contributed by atoms with Crippen LogP contribution in [0.15, 0.2) is 0 Å². The van der Waals surface area contributed by atoms with E-state index in [0.29, 0.717) is 24.7 Å². The first-order chi connectivity index (χ1) is 9.08. The molecule has 0 aromatic heterocycles. The van der Waals surface area contributed by atoms with Crippen molar-refractivity contribution in [1.29, 1.82) is 0 Å². The van der Waals surface area contributed by atoms with Gasteiger partial charge in [0.1, 0.15) is 0 Å². The second-order valence-electron chi connectivity index (χ2n) is 6.03. The van der Waals surface area contributed by atoms with Crippen molar-refractivity contribution in [3.8, 4) is 0 Å². The Kier molecular flexibility index (Phi) is 5.19. The van der Waals surface area contributed by atoms with E-state index in [1.54, 1.807) is 12.0 Å². The van der Waals surface area contributed by atoms with Gasteiger partial charge in [-0.25, -0.2) is 0 Å². The molecule has 0 aromatic carbocycles. The molecule has 0 spiro atoms. The van der Waals surface area contributed by atoms with Gasteiger partial charge >= 0.3 is 0 Å². The van der Waals surface area contributed by atoms with Gasteiger partial charge in [0.15, 0.2) is 0 Å². The summed E-state index contributed by atoms with van der Waals surface area (Å²) in [5.74, 6) is 0.202. The van der Waals surface area contributed by atoms with Crippen molar-refractivity contribution in [3.63, 3.8) is 0 Å². The molecule has 1 aliphatic carbocycles.